The van der Waals surface area contributed by atoms with Crippen LogP contribution in [0.3, 0.4) is 0 Å². The third kappa shape index (κ3) is 3.48. The van der Waals surface area contributed by atoms with Crippen LogP contribution in [0.15, 0.2) is 50.8 Å². The summed E-state index contributed by atoms with van der Waals surface area (Å²) in [6, 6.07) is 10.5. The molecule has 1 aromatic heterocycles. The highest BCUT2D eigenvalue weighted by Crippen LogP contribution is 2.28. The minimum absolute atomic E-state index is 0.0275. The Hall–Kier alpha value is -2.67. The van der Waals surface area contributed by atoms with Crippen molar-refractivity contribution in [2.75, 3.05) is 7.11 Å². The number of hydrogen-bond donors (Lipinski definition) is 1. The Kier molecular flexibility index (Phi) is 5.37. The van der Waals surface area contributed by atoms with Crippen LogP contribution in [0.25, 0.3) is 10.9 Å². The first-order valence-electron chi connectivity index (χ1n) is 8.16. The van der Waals surface area contributed by atoms with Gasteiger partial charge in [0.15, 0.2) is 11.5 Å². The van der Waals surface area contributed by atoms with Crippen LogP contribution in [-0.2, 0) is 6.42 Å². The fourth-order valence-electron chi connectivity index (χ4n) is 2.63. The van der Waals surface area contributed by atoms with Gasteiger partial charge in [0.1, 0.15) is 5.82 Å². The highest BCUT2D eigenvalue weighted by molar-refractivity contribution is 9.10. The quantitative estimate of drug-likeness (QED) is 0.644. The Morgan fingerprint density at radius 3 is 2.88 bits per heavy atom. The zero-order valence-corrected chi connectivity index (χ0v) is 16.0. The average molecular weight is 416 g/mol. The molecule has 3 rings (SSSR count). The molecule has 26 heavy (non-hydrogen) atoms. The van der Waals surface area contributed by atoms with Gasteiger partial charge in [-0.25, -0.2) is 4.98 Å². The summed E-state index contributed by atoms with van der Waals surface area (Å²) in [6.45, 7) is 2.01. The maximum atomic E-state index is 12.9. The van der Waals surface area contributed by atoms with E-state index in [2.05, 4.69) is 26.0 Å². The number of ether oxygens (including phenoxy) is 1. The van der Waals surface area contributed by atoms with Crippen molar-refractivity contribution in [3.8, 4) is 11.5 Å². The van der Waals surface area contributed by atoms with Gasteiger partial charge in [0, 0.05) is 16.5 Å². The van der Waals surface area contributed by atoms with Crippen molar-refractivity contribution >= 4 is 33.0 Å². The maximum Gasteiger partial charge on any atom is 0.282 e. The van der Waals surface area contributed by atoms with E-state index < -0.39 is 0 Å². The summed E-state index contributed by atoms with van der Waals surface area (Å²) in [4.78, 5) is 17.5. The number of rotatable bonds is 5. The molecule has 134 valence electrons. The molecule has 1 heterocycles. The largest absolute Gasteiger partial charge is 0.504 e. The fourth-order valence-corrected chi connectivity index (χ4v) is 2.99. The van der Waals surface area contributed by atoms with Crippen molar-refractivity contribution in [1.82, 2.24) is 9.66 Å². The van der Waals surface area contributed by atoms with Crippen molar-refractivity contribution in [2.24, 2.45) is 5.10 Å². The molecule has 0 radical (unpaired) electrons. The van der Waals surface area contributed by atoms with E-state index in [9.17, 15) is 9.90 Å². The third-order valence-corrected chi connectivity index (χ3v) is 4.40. The van der Waals surface area contributed by atoms with Gasteiger partial charge in [0.2, 0.25) is 0 Å². The van der Waals surface area contributed by atoms with E-state index >= 15 is 0 Å². The second-order valence-electron chi connectivity index (χ2n) is 5.70. The molecule has 0 saturated heterocycles. The Balaban J connectivity index is 2.16. The van der Waals surface area contributed by atoms with E-state index in [1.807, 2.05) is 19.1 Å². The van der Waals surface area contributed by atoms with Crippen LogP contribution >= 0.6 is 15.9 Å². The van der Waals surface area contributed by atoms with Crippen molar-refractivity contribution in [3.05, 3.63) is 62.6 Å². The van der Waals surface area contributed by atoms with E-state index in [1.54, 1.807) is 24.3 Å². The SMILES string of the molecule is CCCc1nc2ccc(Br)cc2c(=O)n1N=Cc1cccc(OC)c1O. The first-order chi connectivity index (χ1) is 12.5. The number of benzene rings is 2. The molecule has 0 aliphatic heterocycles. The summed E-state index contributed by atoms with van der Waals surface area (Å²) < 4.78 is 7.18. The number of methoxy groups -OCH3 is 1. The Labute approximate surface area is 158 Å². The summed E-state index contributed by atoms with van der Waals surface area (Å²) in [5.74, 6) is 0.891. The molecule has 3 aromatic rings. The lowest BCUT2D eigenvalue weighted by molar-refractivity contribution is 0.373. The minimum Gasteiger partial charge on any atom is -0.504 e. The molecule has 0 aliphatic rings. The highest BCUT2D eigenvalue weighted by atomic mass is 79.9. The molecular formula is C19H18BrN3O3. The maximum absolute atomic E-state index is 12.9. The number of aryl methyl sites for hydroxylation is 1. The van der Waals surface area contributed by atoms with Crippen molar-refractivity contribution in [2.45, 2.75) is 19.8 Å². The predicted molar refractivity (Wildman–Crippen MR) is 105 cm³/mol. The van der Waals surface area contributed by atoms with Gasteiger partial charge in [-0.1, -0.05) is 28.9 Å². The lowest BCUT2D eigenvalue weighted by atomic mass is 10.2. The van der Waals surface area contributed by atoms with Crippen LogP contribution < -0.4 is 10.3 Å². The zero-order chi connectivity index (χ0) is 18.7. The van der Waals surface area contributed by atoms with Crippen molar-refractivity contribution < 1.29 is 9.84 Å². The molecule has 0 aliphatic carbocycles. The normalized spacial score (nSPS) is 11.3. The fraction of sp³-hybridized carbons (Fsp3) is 0.211. The highest BCUT2D eigenvalue weighted by Gasteiger charge is 2.11. The first-order valence-corrected chi connectivity index (χ1v) is 8.96. The molecule has 1 N–H and O–H groups in total. The molecular weight excluding hydrogens is 398 g/mol. The number of hydrogen-bond acceptors (Lipinski definition) is 5. The van der Waals surface area contributed by atoms with E-state index in [-0.39, 0.29) is 11.3 Å². The minimum atomic E-state index is -0.251. The Morgan fingerprint density at radius 2 is 2.15 bits per heavy atom. The van der Waals surface area contributed by atoms with Gasteiger partial charge in [0.05, 0.1) is 24.2 Å². The molecule has 0 saturated carbocycles. The Bertz CT molecular complexity index is 1040. The third-order valence-electron chi connectivity index (χ3n) is 3.91. The summed E-state index contributed by atoms with van der Waals surface area (Å²) in [5.41, 5.74) is 0.837. The van der Waals surface area contributed by atoms with Gasteiger partial charge in [-0.2, -0.15) is 9.78 Å². The van der Waals surface area contributed by atoms with E-state index in [4.69, 9.17) is 4.74 Å². The number of para-hydroxylation sites is 1. The van der Waals surface area contributed by atoms with E-state index in [0.29, 0.717) is 34.5 Å². The van der Waals surface area contributed by atoms with Gasteiger partial charge < -0.3 is 9.84 Å². The van der Waals surface area contributed by atoms with E-state index in [0.717, 1.165) is 10.9 Å². The lowest BCUT2D eigenvalue weighted by Crippen LogP contribution is -2.22. The monoisotopic (exact) mass is 415 g/mol. The van der Waals surface area contributed by atoms with Gasteiger partial charge in [0.25, 0.3) is 5.56 Å². The summed E-state index contributed by atoms with van der Waals surface area (Å²) >= 11 is 3.38. The first kappa shape index (κ1) is 18.1. The van der Waals surface area contributed by atoms with Crippen molar-refractivity contribution in [3.63, 3.8) is 0 Å². The zero-order valence-electron chi connectivity index (χ0n) is 14.4. The number of aromatic nitrogens is 2. The average Bonchev–Trinajstić information content (AvgIpc) is 2.63. The van der Waals surface area contributed by atoms with Crippen LogP contribution in [0.4, 0.5) is 0 Å². The molecule has 6 nitrogen and oxygen atoms in total. The molecule has 0 amide bonds. The second kappa shape index (κ2) is 7.70. The van der Waals surface area contributed by atoms with Crippen LogP contribution in [0.1, 0.15) is 24.7 Å². The molecule has 7 heteroatoms. The standard InChI is InChI=1S/C19H18BrN3O3/c1-3-5-17-22-15-9-8-13(20)10-14(15)19(25)23(17)21-11-12-6-4-7-16(26-2)18(12)24/h4,6-11,24H,3,5H2,1-2H3. The molecule has 0 atom stereocenters. The number of phenols is 1. The van der Waals surface area contributed by atoms with Gasteiger partial charge in [-0.05, 0) is 36.8 Å². The van der Waals surface area contributed by atoms with Gasteiger partial charge in [-0.15, -0.1) is 0 Å². The number of fused-ring (bicyclic) bond motifs is 1. The van der Waals surface area contributed by atoms with Crippen LogP contribution in [0.2, 0.25) is 0 Å². The van der Waals surface area contributed by atoms with Crippen LogP contribution in [0.5, 0.6) is 11.5 Å². The molecule has 0 fully saturated rings. The summed E-state index contributed by atoms with van der Waals surface area (Å²) in [6.07, 6.45) is 2.88. The molecule has 0 spiro atoms. The van der Waals surface area contributed by atoms with Crippen molar-refractivity contribution in [1.29, 1.82) is 0 Å². The Morgan fingerprint density at radius 1 is 1.35 bits per heavy atom. The topological polar surface area (TPSA) is 76.7 Å². The number of phenolic OH excluding ortho intramolecular Hbond substituents is 1. The predicted octanol–water partition coefficient (Wildman–Crippen LogP) is 3.71. The molecule has 2 aromatic carbocycles. The van der Waals surface area contributed by atoms with Gasteiger partial charge in [-0.3, -0.25) is 4.79 Å². The lowest BCUT2D eigenvalue weighted by Gasteiger charge is -2.09. The number of aromatic hydroxyl groups is 1. The summed E-state index contributed by atoms with van der Waals surface area (Å²) in [5, 5.41) is 15.0. The molecule has 0 bridgehead atoms. The second-order valence-corrected chi connectivity index (χ2v) is 6.61. The smallest absolute Gasteiger partial charge is 0.282 e. The number of halogens is 1. The van der Waals surface area contributed by atoms with Crippen LogP contribution in [-0.4, -0.2) is 28.1 Å². The molecule has 0 unspecified atom stereocenters. The summed E-state index contributed by atoms with van der Waals surface area (Å²) in [7, 11) is 1.48. The van der Waals surface area contributed by atoms with Crippen LogP contribution in [0, 0.1) is 0 Å². The van der Waals surface area contributed by atoms with Gasteiger partial charge >= 0.3 is 0 Å². The number of nitrogens with zero attached hydrogens (tertiary/aromatic N) is 3. The van der Waals surface area contributed by atoms with E-state index in [1.165, 1.54) is 18.0 Å².